The predicted molar refractivity (Wildman–Crippen MR) is 90.2 cm³/mol. The molecule has 2 fully saturated rings. The van der Waals surface area contributed by atoms with Crippen LogP contribution >= 0.6 is 0 Å². The first-order chi connectivity index (χ1) is 11.9. The fraction of sp³-hybridized carbons (Fsp3) is 0.529. The fourth-order valence-electron chi connectivity index (χ4n) is 3.43. The number of sulfonamides is 1. The average Bonchev–Trinajstić information content (AvgIpc) is 3.33. The molecule has 1 aliphatic heterocycles. The number of amides is 1. The lowest BCUT2D eigenvalue weighted by Crippen LogP contribution is -2.33. The summed E-state index contributed by atoms with van der Waals surface area (Å²) in [5.74, 6) is -1.11. The van der Waals surface area contributed by atoms with Gasteiger partial charge in [0.15, 0.2) is 0 Å². The van der Waals surface area contributed by atoms with Gasteiger partial charge in [-0.3, -0.25) is 9.59 Å². The van der Waals surface area contributed by atoms with Crippen molar-refractivity contribution in [3.63, 3.8) is 0 Å². The lowest BCUT2D eigenvalue weighted by Gasteiger charge is -2.16. The van der Waals surface area contributed by atoms with Gasteiger partial charge in [-0.25, -0.2) is 13.1 Å². The van der Waals surface area contributed by atoms with Crippen molar-refractivity contribution < 1.29 is 23.1 Å². The molecule has 7 nitrogen and oxygen atoms in total. The van der Waals surface area contributed by atoms with Gasteiger partial charge in [0.05, 0.1) is 10.8 Å². The molecule has 1 amide bonds. The monoisotopic (exact) mass is 366 g/mol. The molecule has 0 spiro atoms. The topological polar surface area (TPSA) is 104 Å². The van der Waals surface area contributed by atoms with Gasteiger partial charge in [0.2, 0.25) is 15.9 Å². The Morgan fingerprint density at radius 2 is 1.84 bits per heavy atom. The normalized spacial score (nSPS) is 23.6. The number of carboxylic acid groups (broad SMARTS) is 1. The number of rotatable bonds is 7. The van der Waals surface area contributed by atoms with Crippen molar-refractivity contribution in [3.05, 3.63) is 30.3 Å². The first-order valence-corrected chi connectivity index (χ1v) is 9.92. The number of nitrogens with zero attached hydrogens (tertiary/aromatic N) is 1. The smallest absolute Gasteiger partial charge is 0.308 e. The lowest BCUT2D eigenvalue weighted by molar-refractivity contribution is -0.142. The van der Waals surface area contributed by atoms with Crippen LogP contribution in [0.5, 0.6) is 0 Å². The number of carbonyl (C=O) groups excluding carboxylic acids is 1. The highest BCUT2D eigenvalue weighted by Crippen LogP contribution is 2.44. The standard InChI is InChI=1S/C17H22N2O5S/c20-16(8-9-18-25(23,24)13-4-2-1-3-5-13)19-10-14(12-6-7-12)15(11-19)17(21)22/h1-5,12,14-15,18H,6-11H2,(H,21,22)/t14-,15+/m1/s1. The molecule has 0 radical (unpaired) electrons. The van der Waals surface area contributed by atoms with Gasteiger partial charge in [0.1, 0.15) is 0 Å². The van der Waals surface area contributed by atoms with Crippen molar-refractivity contribution in [1.29, 1.82) is 0 Å². The van der Waals surface area contributed by atoms with Crippen molar-refractivity contribution in [1.82, 2.24) is 9.62 Å². The molecule has 8 heteroatoms. The maximum atomic E-state index is 12.3. The highest BCUT2D eigenvalue weighted by molar-refractivity contribution is 7.89. The fourth-order valence-corrected chi connectivity index (χ4v) is 4.48. The van der Waals surface area contributed by atoms with E-state index >= 15 is 0 Å². The summed E-state index contributed by atoms with van der Waals surface area (Å²) in [6.07, 6.45) is 2.09. The SMILES string of the molecule is O=C(O)[C@H]1CN(C(=O)CCNS(=O)(=O)c2ccccc2)C[C@@H]1C1CC1. The molecule has 1 heterocycles. The molecular formula is C17H22N2O5S. The van der Waals surface area contributed by atoms with E-state index in [1.165, 1.54) is 12.1 Å². The number of aliphatic carboxylic acids is 1. The number of hydrogen-bond acceptors (Lipinski definition) is 4. The summed E-state index contributed by atoms with van der Waals surface area (Å²) in [6, 6.07) is 7.97. The maximum Gasteiger partial charge on any atom is 0.308 e. The van der Waals surface area contributed by atoms with Crippen LogP contribution in [0.4, 0.5) is 0 Å². The number of benzene rings is 1. The molecule has 1 aliphatic carbocycles. The summed E-state index contributed by atoms with van der Waals surface area (Å²) in [4.78, 5) is 25.4. The second-order valence-electron chi connectivity index (χ2n) is 6.71. The second-order valence-corrected chi connectivity index (χ2v) is 8.47. The Kier molecular flexibility index (Phi) is 5.10. The third kappa shape index (κ3) is 4.19. The molecule has 0 unspecified atom stereocenters. The van der Waals surface area contributed by atoms with E-state index < -0.39 is 21.9 Å². The van der Waals surface area contributed by atoms with Crippen molar-refractivity contribution in [2.24, 2.45) is 17.8 Å². The Hall–Kier alpha value is -1.93. The van der Waals surface area contributed by atoms with Gasteiger partial charge in [0, 0.05) is 26.1 Å². The molecule has 0 bridgehead atoms. The molecule has 2 aliphatic rings. The molecule has 0 aromatic heterocycles. The minimum Gasteiger partial charge on any atom is -0.481 e. The van der Waals surface area contributed by atoms with Crippen LogP contribution in [-0.4, -0.2) is 49.9 Å². The Bertz CT molecular complexity index is 746. The minimum atomic E-state index is -3.63. The zero-order valence-corrected chi connectivity index (χ0v) is 14.6. The maximum absolute atomic E-state index is 12.3. The van der Waals surface area contributed by atoms with Gasteiger partial charge in [0.25, 0.3) is 0 Å². The van der Waals surface area contributed by atoms with Crippen molar-refractivity contribution in [2.45, 2.75) is 24.2 Å². The Morgan fingerprint density at radius 3 is 2.44 bits per heavy atom. The molecule has 3 rings (SSSR count). The number of carboxylic acids is 1. The molecular weight excluding hydrogens is 344 g/mol. The highest BCUT2D eigenvalue weighted by atomic mass is 32.2. The van der Waals surface area contributed by atoms with Gasteiger partial charge >= 0.3 is 5.97 Å². The Balaban J connectivity index is 1.52. The van der Waals surface area contributed by atoms with Crippen molar-refractivity contribution >= 4 is 21.9 Å². The van der Waals surface area contributed by atoms with E-state index in [1.54, 1.807) is 23.1 Å². The predicted octanol–water partition coefficient (Wildman–Crippen LogP) is 0.924. The van der Waals surface area contributed by atoms with Gasteiger partial charge < -0.3 is 10.0 Å². The third-order valence-electron chi connectivity index (χ3n) is 4.95. The van der Waals surface area contributed by atoms with E-state index in [0.717, 1.165) is 12.8 Å². The van der Waals surface area contributed by atoms with E-state index in [-0.39, 0.29) is 36.2 Å². The second kappa shape index (κ2) is 7.13. The van der Waals surface area contributed by atoms with E-state index in [2.05, 4.69) is 4.72 Å². The highest BCUT2D eigenvalue weighted by Gasteiger charge is 2.46. The summed E-state index contributed by atoms with van der Waals surface area (Å²) in [6.45, 7) is 0.686. The largest absolute Gasteiger partial charge is 0.481 e. The first kappa shape index (κ1) is 17.9. The average molecular weight is 366 g/mol. The molecule has 1 saturated heterocycles. The summed E-state index contributed by atoms with van der Waals surface area (Å²) in [7, 11) is -3.63. The minimum absolute atomic E-state index is 0.00159. The summed E-state index contributed by atoms with van der Waals surface area (Å²) in [5.41, 5.74) is 0. The van der Waals surface area contributed by atoms with E-state index in [9.17, 15) is 23.1 Å². The number of carbonyl (C=O) groups is 2. The van der Waals surface area contributed by atoms with Gasteiger partial charge in [-0.15, -0.1) is 0 Å². The first-order valence-electron chi connectivity index (χ1n) is 8.44. The molecule has 25 heavy (non-hydrogen) atoms. The van der Waals surface area contributed by atoms with Crippen LogP contribution in [0.2, 0.25) is 0 Å². The number of likely N-dealkylation sites (tertiary alicyclic amines) is 1. The zero-order valence-electron chi connectivity index (χ0n) is 13.8. The van der Waals surface area contributed by atoms with Crippen LogP contribution < -0.4 is 4.72 Å². The molecule has 1 saturated carbocycles. The van der Waals surface area contributed by atoms with Gasteiger partial charge in [-0.05, 0) is 36.8 Å². The molecule has 2 atom stereocenters. The van der Waals surface area contributed by atoms with Crippen LogP contribution in [-0.2, 0) is 19.6 Å². The zero-order chi connectivity index (χ0) is 18.0. The summed E-state index contributed by atoms with van der Waals surface area (Å²) >= 11 is 0. The van der Waals surface area contributed by atoms with Crippen LogP contribution in [0, 0.1) is 17.8 Å². The molecule has 2 N–H and O–H groups in total. The van der Waals surface area contributed by atoms with Crippen LogP contribution in [0.1, 0.15) is 19.3 Å². The van der Waals surface area contributed by atoms with Crippen molar-refractivity contribution in [3.8, 4) is 0 Å². The van der Waals surface area contributed by atoms with Crippen LogP contribution in [0.15, 0.2) is 35.2 Å². The van der Waals surface area contributed by atoms with Crippen LogP contribution in [0.25, 0.3) is 0 Å². The quantitative estimate of drug-likeness (QED) is 0.747. The van der Waals surface area contributed by atoms with Crippen molar-refractivity contribution in [2.75, 3.05) is 19.6 Å². The Labute approximate surface area is 147 Å². The van der Waals surface area contributed by atoms with Gasteiger partial charge in [-0.2, -0.15) is 0 Å². The van der Waals surface area contributed by atoms with E-state index in [1.807, 2.05) is 0 Å². The summed E-state index contributed by atoms with van der Waals surface area (Å²) in [5, 5.41) is 9.34. The third-order valence-corrected chi connectivity index (χ3v) is 6.42. The summed E-state index contributed by atoms with van der Waals surface area (Å²) < 4.78 is 26.6. The molecule has 136 valence electrons. The van der Waals surface area contributed by atoms with E-state index in [4.69, 9.17) is 0 Å². The van der Waals surface area contributed by atoms with Crippen LogP contribution in [0.3, 0.4) is 0 Å². The molecule has 1 aromatic rings. The van der Waals surface area contributed by atoms with Gasteiger partial charge in [-0.1, -0.05) is 18.2 Å². The Morgan fingerprint density at radius 1 is 1.16 bits per heavy atom. The number of hydrogen-bond donors (Lipinski definition) is 2. The number of nitrogens with one attached hydrogen (secondary N) is 1. The van der Waals surface area contributed by atoms with E-state index in [0.29, 0.717) is 12.5 Å². The molecule has 1 aromatic carbocycles. The lowest BCUT2D eigenvalue weighted by atomic mass is 9.92.